The third kappa shape index (κ3) is 4.78. The van der Waals surface area contributed by atoms with Gasteiger partial charge < -0.3 is 9.84 Å². The Labute approximate surface area is 133 Å². The van der Waals surface area contributed by atoms with Crippen molar-refractivity contribution in [3.8, 4) is 0 Å². The highest BCUT2D eigenvalue weighted by atomic mass is 16.5. The van der Waals surface area contributed by atoms with Crippen LogP contribution < -0.4 is 0 Å². The van der Waals surface area contributed by atoms with Gasteiger partial charge in [-0.25, -0.2) is 0 Å². The smallest absolute Gasteiger partial charge is 0.307 e. The summed E-state index contributed by atoms with van der Waals surface area (Å²) in [6.45, 7) is 0. The lowest BCUT2D eigenvalue weighted by Crippen LogP contribution is -2.20. The van der Waals surface area contributed by atoms with Crippen LogP contribution in [0.25, 0.3) is 0 Å². The number of carbonyl (C=O) groups excluding carboxylic acids is 2. The molecule has 1 atom stereocenters. The quantitative estimate of drug-likeness (QED) is 0.628. The minimum atomic E-state index is -1.09. The summed E-state index contributed by atoms with van der Waals surface area (Å²) in [5, 5.41) is 8.63. The summed E-state index contributed by atoms with van der Waals surface area (Å²) in [5.74, 6) is -2.15. The molecule has 0 aliphatic heterocycles. The van der Waals surface area contributed by atoms with Crippen molar-refractivity contribution < 1.29 is 24.2 Å². The normalized spacial score (nSPS) is 11.5. The van der Waals surface area contributed by atoms with Gasteiger partial charge in [0, 0.05) is 11.1 Å². The number of Topliss-reactive ketones (excluding diaryl/α,β-unsaturated/α-hetero) is 1. The van der Waals surface area contributed by atoms with Crippen molar-refractivity contribution in [1.29, 1.82) is 0 Å². The van der Waals surface area contributed by atoms with Crippen LogP contribution in [0, 0.1) is 0 Å². The van der Waals surface area contributed by atoms with E-state index in [-0.39, 0.29) is 18.6 Å². The Morgan fingerprint density at radius 3 is 2.00 bits per heavy atom. The molecule has 118 valence electrons. The largest absolute Gasteiger partial charge is 0.481 e. The fraction of sp³-hybridized carbons (Fsp3) is 0.167. The first-order valence-electron chi connectivity index (χ1n) is 7.13. The van der Waals surface area contributed by atoms with Crippen molar-refractivity contribution >= 4 is 17.7 Å². The van der Waals surface area contributed by atoms with E-state index >= 15 is 0 Å². The Bertz CT molecular complexity index is 679. The summed E-state index contributed by atoms with van der Waals surface area (Å²) in [6, 6.07) is 17.2. The highest BCUT2D eigenvalue weighted by Crippen LogP contribution is 2.23. The lowest BCUT2D eigenvalue weighted by Gasteiger charge is -2.17. The molecule has 0 aliphatic rings. The van der Waals surface area contributed by atoms with Crippen molar-refractivity contribution in [3.63, 3.8) is 0 Å². The van der Waals surface area contributed by atoms with E-state index in [1.54, 1.807) is 60.7 Å². The van der Waals surface area contributed by atoms with Crippen LogP contribution in [-0.2, 0) is 14.3 Å². The molecule has 0 heterocycles. The number of hydrogen-bond acceptors (Lipinski definition) is 4. The second-order valence-corrected chi connectivity index (χ2v) is 4.90. The number of hydrogen-bond donors (Lipinski definition) is 1. The van der Waals surface area contributed by atoms with E-state index in [9.17, 15) is 14.4 Å². The molecular formula is C18H16O5. The second-order valence-electron chi connectivity index (χ2n) is 4.90. The Kier molecular flexibility index (Phi) is 5.63. The van der Waals surface area contributed by atoms with Crippen LogP contribution in [0.3, 0.4) is 0 Å². The van der Waals surface area contributed by atoms with Crippen LogP contribution in [0.2, 0.25) is 0 Å². The Morgan fingerprint density at radius 2 is 1.43 bits per heavy atom. The predicted molar refractivity (Wildman–Crippen MR) is 82.9 cm³/mol. The summed E-state index contributed by atoms with van der Waals surface area (Å²) in [5.41, 5.74) is 0.970. The first kappa shape index (κ1) is 16.4. The van der Waals surface area contributed by atoms with E-state index in [2.05, 4.69) is 0 Å². The summed E-state index contributed by atoms with van der Waals surface area (Å²) >= 11 is 0. The molecule has 23 heavy (non-hydrogen) atoms. The molecule has 0 saturated carbocycles. The maximum Gasteiger partial charge on any atom is 0.307 e. The number of esters is 1. The molecule has 0 spiro atoms. The van der Waals surface area contributed by atoms with Gasteiger partial charge in [-0.15, -0.1) is 0 Å². The van der Waals surface area contributed by atoms with Crippen LogP contribution in [0.15, 0.2) is 60.7 Å². The number of ether oxygens (including phenoxy) is 1. The van der Waals surface area contributed by atoms with Gasteiger partial charge in [0.1, 0.15) is 0 Å². The number of carbonyl (C=O) groups is 3. The van der Waals surface area contributed by atoms with E-state index in [0.29, 0.717) is 11.1 Å². The minimum absolute atomic E-state index is 0.277. The van der Waals surface area contributed by atoms with Gasteiger partial charge >= 0.3 is 11.9 Å². The Balaban J connectivity index is 2.21. The standard InChI is InChI=1S/C18H16O5/c19-15(20)11-12-16(21)23-18(14-9-5-2-6-10-14)17(22)13-7-3-1-4-8-13/h1-10,18H,11-12H2,(H,19,20)/t18-/m1/s1. The van der Waals surface area contributed by atoms with Crippen molar-refractivity contribution in [1.82, 2.24) is 0 Å². The fourth-order valence-corrected chi connectivity index (χ4v) is 2.05. The second kappa shape index (κ2) is 7.89. The molecule has 0 aromatic heterocycles. The molecule has 0 bridgehead atoms. The highest BCUT2D eigenvalue weighted by Gasteiger charge is 2.26. The van der Waals surface area contributed by atoms with Crippen LogP contribution in [0.1, 0.15) is 34.9 Å². The molecule has 0 unspecified atom stereocenters. The maximum absolute atomic E-state index is 12.6. The van der Waals surface area contributed by atoms with Crippen LogP contribution in [0.5, 0.6) is 0 Å². The average molecular weight is 312 g/mol. The third-order valence-electron chi connectivity index (χ3n) is 3.19. The molecule has 2 aromatic carbocycles. The van der Waals surface area contributed by atoms with E-state index in [0.717, 1.165) is 0 Å². The van der Waals surface area contributed by atoms with Crippen molar-refractivity contribution in [3.05, 3.63) is 71.8 Å². The molecule has 0 radical (unpaired) electrons. The molecule has 5 heteroatoms. The third-order valence-corrected chi connectivity index (χ3v) is 3.19. The zero-order valence-corrected chi connectivity index (χ0v) is 12.3. The molecule has 2 rings (SSSR count). The SMILES string of the molecule is O=C(O)CCC(=O)O[C@@H](C(=O)c1ccccc1)c1ccccc1. The lowest BCUT2D eigenvalue weighted by atomic mass is 10.00. The molecule has 1 N–H and O–H groups in total. The predicted octanol–water partition coefficient (Wildman–Crippen LogP) is 3.02. The molecular weight excluding hydrogens is 296 g/mol. The Hall–Kier alpha value is -2.95. The number of carboxylic acid groups (broad SMARTS) is 1. The van der Waals surface area contributed by atoms with Gasteiger partial charge in [0.2, 0.25) is 5.78 Å². The fourth-order valence-electron chi connectivity index (χ4n) is 2.05. The van der Waals surface area contributed by atoms with Crippen molar-refractivity contribution in [2.24, 2.45) is 0 Å². The first-order valence-corrected chi connectivity index (χ1v) is 7.13. The topological polar surface area (TPSA) is 80.7 Å². The van der Waals surface area contributed by atoms with Crippen LogP contribution >= 0.6 is 0 Å². The lowest BCUT2D eigenvalue weighted by molar-refractivity contribution is -0.150. The monoisotopic (exact) mass is 312 g/mol. The Morgan fingerprint density at radius 1 is 0.870 bits per heavy atom. The van der Waals surface area contributed by atoms with Gasteiger partial charge in [-0.3, -0.25) is 14.4 Å². The minimum Gasteiger partial charge on any atom is -0.481 e. The van der Waals surface area contributed by atoms with Gasteiger partial charge in [0.05, 0.1) is 12.8 Å². The zero-order valence-electron chi connectivity index (χ0n) is 12.3. The molecule has 0 saturated heterocycles. The number of rotatable bonds is 7. The average Bonchev–Trinajstić information content (AvgIpc) is 2.59. The number of aliphatic carboxylic acids is 1. The zero-order chi connectivity index (χ0) is 16.7. The van der Waals surface area contributed by atoms with E-state index in [1.165, 1.54) is 0 Å². The first-order chi connectivity index (χ1) is 11.1. The molecule has 5 nitrogen and oxygen atoms in total. The number of benzene rings is 2. The van der Waals surface area contributed by atoms with Crippen molar-refractivity contribution in [2.75, 3.05) is 0 Å². The van der Waals surface area contributed by atoms with Crippen molar-refractivity contribution in [2.45, 2.75) is 18.9 Å². The molecule has 0 fully saturated rings. The van der Waals surface area contributed by atoms with Crippen LogP contribution in [0.4, 0.5) is 0 Å². The van der Waals surface area contributed by atoms with Crippen LogP contribution in [-0.4, -0.2) is 22.8 Å². The summed E-state index contributed by atoms with van der Waals surface area (Å²) in [6.07, 6.45) is -1.69. The molecule has 0 amide bonds. The van der Waals surface area contributed by atoms with Gasteiger partial charge in [-0.05, 0) is 0 Å². The van der Waals surface area contributed by atoms with Gasteiger partial charge in [-0.1, -0.05) is 60.7 Å². The number of ketones is 1. The van der Waals surface area contributed by atoms with E-state index < -0.39 is 18.0 Å². The summed E-state index contributed by atoms with van der Waals surface area (Å²) in [4.78, 5) is 35.0. The molecule has 2 aromatic rings. The van der Waals surface area contributed by atoms with Gasteiger partial charge in [0.15, 0.2) is 6.10 Å². The summed E-state index contributed by atoms with van der Waals surface area (Å²) in [7, 11) is 0. The highest BCUT2D eigenvalue weighted by molar-refractivity contribution is 6.01. The van der Waals surface area contributed by atoms with E-state index in [4.69, 9.17) is 9.84 Å². The van der Waals surface area contributed by atoms with Gasteiger partial charge in [-0.2, -0.15) is 0 Å². The molecule has 0 aliphatic carbocycles. The van der Waals surface area contributed by atoms with E-state index in [1.807, 2.05) is 0 Å². The number of carboxylic acids is 1. The maximum atomic E-state index is 12.6. The van der Waals surface area contributed by atoms with Gasteiger partial charge in [0.25, 0.3) is 0 Å². The summed E-state index contributed by atoms with van der Waals surface area (Å²) < 4.78 is 5.25.